The molecule has 0 aliphatic carbocycles. The highest BCUT2D eigenvalue weighted by atomic mass is 16.5. The number of aliphatic hydroxyl groups excluding tert-OH is 1. The number of aliphatic hydroxyl groups is 1. The fourth-order valence-electron chi connectivity index (χ4n) is 1.69. The van der Waals surface area contributed by atoms with E-state index in [0.717, 1.165) is 12.0 Å². The molecule has 0 heterocycles. The highest BCUT2D eigenvalue weighted by Gasteiger charge is 2.20. The first-order valence-corrected chi connectivity index (χ1v) is 5.75. The Kier molecular flexibility index (Phi) is 5.83. The molecule has 2 atom stereocenters. The number of rotatable bonds is 7. The van der Waals surface area contributed by atoms with Crippen LogP contribution in [0.3, 0.4) is 0 Å². The van der Waals surface area contributed by atoms with Crippen LogP contribution >= 0.6 is 0 Å². The Hall–Kier alpha value is -1.12. The molecule has 0 radical (unpaired) electrons. The van der Waals surface area contributed by atoms with Gasteiger partial charge in [0, 0.05) is 6.61 Å². The van der Waals surface area contributed by atoms with Crippen LogP contribution in [0.25, 0.3) is 0 Å². The van der Waals surface area contributed by atoms with Gasteiger partial charge in [-0.25, -0.2) is 0 Å². The van der Waals surface area contributed by atoms with Gasteiger partial charge >= 0.3 is 0 Å². The molecule has 0 fully saturated rings. The Morgan fingerprint density at radius 2 is 2.06 bits per heavy atom. The smallest absolute Gasteiger partial charge is 0.108 e. The first-order valence-electron chi connectivity index (χ1n) is 5.75. The molecule has 0 spiro atoms. The van der Waals surface area contributed by atoms with Crippen LogP contribution in [0.4, 0.5) is 0 Å². The van der Waals surface area contributed by atoms with Crippen molar-refractivity contribution in [3.05, 3.63) is 48.6 Å². The van der Waals surface area contributed by atoms with E-state index in [1.54, 1.807) is 0 Å². The Bertz CT molecular complexity index is 295. The zero-order valence-corrected chi connectivity index (χ0v) is 9.80. The summed E-state index contributed by atoms with van der Waals surface area (Å²) in [6.07, 6.45) is 2.60. The molecule has 0 saturated heterocycles. The lowest BCUT2D eigenvalue weighted by Crippen LogP contribution is -2.21. The second-order valence-electron chi connectivity index (χ2n) is 3.72. The van der Waals surface area contributed by atoms with Gasteiger partial charge in [-0.2, -0.15) is 0 Å². The molecule has 1 aromatic rings. The molecule has 2 nitrogen and oxygen atoms in total. The van der Waals surface area contributed by atoms with E-state index in [-0.39, 0.29) is 6.10 Å². The standard InChI is InChI=1S/C14H20O2/c1-3-5-11-13(15)14(16-4-2)12-9-7-6-8-10-12/h3,6-10,13-15H,1,4-5,11H2,2H3. The van der Waals surface area contributed by atoms with E-state index in [2.05, 4.69) is 6.58 Å². The van der Waals surface area contributed by atoms with E-state index in [1.807, 2.05) is 43.3 Å². The van der Waals surface area contributed by atoms with E-state index < -0.39 is 6.10 Å². The molecular formula is C14H20O2. The monoisotopic (exact) mass is 220 g/mol. The van der Waals surface area contributed by atoms with E-state index in [4.69, 9.17) is 4.74 Å². The predicted molar refractivity (Wildman–Crippen MR) is 66.2 cm³/mol. The second-order valence-corrected chi connectivity index (χ2v) is 3.72. The van der Waals surface area contributed by atoms with Crippen LogP contribution in [-0.2, 0) is 4.74 Å². The summed E-state index contributed by atoms with van der Waals surface area (Å²) < 4.78 is 5.60. The molecule has 2 unspecified atom stereocenters. The minimum Gasteiger partial charge on any atom is -0.390 e. The molecule has 88 valence electrons. The van der Waals surface area contributed by atoms with Gasteiger partial charge in [-0.3, -0.25) is 0 Å². The van der Waals surface area contributed by atoms with E-state index in [0.29, 0.717) is 13.0 Å². The molecular weight excluding hydrogens is 200 g/mol. The van der Waals surface area contributed by atoms with Gasteiger partial charge in [-0.05, 0) is 25.3 Å². The van der Waals surface area contributed by atoms with Crippen molar-refractivity contribution in [2.24, 2.45) is 0 Å². The number of benzene rings is 1. The summed E-state index contributed by atoms with van der Waals surface area (Å²) in [4.78, 5) is 0. The average Bonchev–Trinajstić information content (AvgIpc) is 2.34. The van der Waals surface area contributed by atoms with Crippen LogP contribution in [-0.4, -0.2) is 17.8 Å². The third-order valence-electron chi connectivity index (χ3n) is 2.49. The Morgan fingerprint density at radius 1 is 1.38 bits per heavy atom. The minimum atomic E-state index is -0.472. The first kappa shape index (κ1) is 12.9. The summed E-state index contributed by atoms with van der Waals surface area (Å²) in [5.41, 5.74) is 1.03. The van der Waals surface area contributed by atoms with Crippen LogP contribution in [0.15, 0.2) is 43.0 Å². The van der Waals surface area contributed by atoms with Crippen LogP contribution in [0.5, 0.6) is 0 Å². The van der Waals surface area contributed by atoms with Crippen LogP contribution in [0, 0.1) is 0 Å². The highest BCUT2D eigenvalue weighted by molar-refractivity contribution is 5.18. The Morgan fingerprint density at radius 3 is 2.62 bits per heavy atom. The van der Waals surface area contributed by atoms with Crippen molar-refractivity contribution in [3.8, 4) is 0 Å². The number of allylic oxidation sites excluding steroid dienone is 1. The largest absolute Gasteiger partial charge is 0.390 e. The fraction of sp³-hybridized carbons (Fsp3) is 0.429. The van der Waals surface area contributed by atoms with Gasteiger partial charge in [0.05, 0.1) is 6.10 Å². The van der Waals surface area contributed by atoms with Crippen molar-refractivity contribution < 1.29 is 9.84 Å². The van der Waals surface area contributed by atoms with Crippen LogP contribution in [0.1, 0.15) is 31.4 Å². The second kappa shape index (κ2) is 7.20. The maximum atomic E-state index is 10.1. The van der Waals surface area contributed by atoms with E-state index in [9.17, 15) is 5.11 Å². The van der Waals surface area contributed by atoms with Crippen molar-refractivity contribution in [1.82, 2.24) is 0 Å². The molecule has 0 amide bonds. The summed E-state index contributed by atoms with van der Waals surface area (Å²) >= 11 is 0. The lowest BCUT2D eigenvalue weighted by Gasteiger charge is -2.23. The topological polar surface area (TPSA) is 29.5 Å². The average molecular weight is 220 g/mol. The van der Waals surface area contributed by atoms with Gasteiger partial charge in [-0.15, -0.1) is 6.58 Å². The van der Waals surface area contributed by atoms with Crippen molar-refractivity contribution in [2.45, 2.75) is 32.0 Å². The lowest BCUT2D eigenvalue weighted by molar-refractivity contribution is -0.0372. The normalized spacial score (nSPS) is 14.4. The van der Waals surface area contributed by atoms with Gasteiger partial charge in [0.1, 0.15) is 6.10 Å². The van der Waals surface area contributed by atoms with Crippen molar-refractivity contribution in [3.63, 3.8) is 0 Å². The van der Waals surface area contributed by atoms with Gasteiger partial charge in [0.15, 0.2) is 0 Å². The summed E-state index contributed by atoms with van der Waals surface area (Å²) in [6.45, 7) is 6.20. The Balaban J connectivity index is 2.70. The first-order chi connectivity index (χ1) is 7.79. The molecule has 1 N–H and O–H groups in total. The molecule has 0 aromatic heterocycles. The van der Waals surface area contributed by atoms with Gasteiger partial charge in [0.25, 0.3) is 0 Å². The van der Waals surface area contributed by atoms with Crippen molar-refractivity contribution in [1.29, 1.82) is 0 Å². The maximum absolute atomic E-state index is 10.1. The predicted octanol–water partition coefficient (Wildman–Crippen LogP) is 3.09. The molecule has 0 bridgehead atoms. The van der Waals surface area contributed by atoms with Crippen molar-refractivity contribution >= 4 is 0 Å². The van der Waals surface area contributed by atoms with Gasteiger partial charge < -0.3 is 9.84 Å². The van der Waals surface area contributed by atoms with E-state index >= 15 is 0 Å². The number of ether oxygens (including phenoxy) is 1. The number of hydrogen-bond donors (Lipinski definition) is 1. The van der Waals surface area contributed by atoms with Crippen LogP contribution < -0.4 is 0 Å². The molecule has 2 heteroatoms. The number of hydrogen-bond acceptors (Lipinski definition) is 2. The van der Waals surface area contributed by atoms with Gasteiger partial charge in [-0.1, -0.05) is 36.4 Å². The maximum Gasteiger partial charge on any atom is 0.108 e. The zero-order chi connectivity index (χ0) is 11.8. The molecule has 0 aliphatic rings. The molecule has 1 rings (SSSR count). The third kappa shape index (κ3) is 3.80. The summed E-state index contributed by atoms with van der Waals surface area (Å²) in [5, 5.41) is 10.1. The fourth-order valence-corrected chi connectivity index (χ4v) is 1.69. The van der Waals surface area contributed by atoms with Gasteiger partial charge in [0.2, 0.25) is 0 Å². The third-order valence-corrected chi connectivity index (χ3v) is 2.49. The molecule has 1 aromatic carbocycles. The molecule has 0 aliphatic heterocycles. The minimum absolute atomic E-state index is 0.230. The highest BCUT2D eigenvalue weighted by Crippen LogP contribution is 2.23. The molecule has 16 heavy (non-hydrogen) atoms. The SMILES string of the molecule is C=CCCC(O)C(OCC)c1ccccc1. The summed E-state index contributed by atoms with van der Waals surface area (Å²) in [5.74, 6) is 0. The molecule has 0 saturated carbocycles. The summed E-state index contributed by atoms with van der Waals surface area (Å²) in [6, 6.07) is 9.85. The Labute approximate surface area is 97.6 Å². The van der Waals surface area contributed by atoms with E-state index in [1.165, 1.54) is 0 Å². The summed E-state index contributed by atoms with van der Waals surface area (Å²) in [7, 11) is 0. The lowest BCUT2D eigenvalue weighted by atomic mass is 10.0. The quantitative estimate of drug-likeness (QED) is 0.715. The van der Waals surface area contributed by atoms with Crippen LogP contribution in [0.2, 0.25) is 0 Å². The zero-order valence-electron chi connectivity index (χ0n) is 9.80. The van der Waals surface area contributed by atoms with Crippen molar-refractivity contribution in [2.75, 3.05) is 6.61 Å².